The maximum atomic E-state index is 10.7. The third kappa shape index (κ3) is 3.44. The van der Waals surface area contributed by atoms with Gasteiger partial charge < -0.3 is 14.9 Å². The van der Waals surface area contributed by atoms with E-state index in [1.165, 1.54) is 0 Å². The Bertz CT molecular complexity index is 587. The van der Waals surface area contributed by atoms with Crippen molar-refractivity contribution in [1.29, 1.82) is 0 Å². The Morgan fingerprint density at radius 3 is 2.37 bits per heavy atom. The molecule has 0 saturated carbocycles. The van der Waals surface area contributed by atoms with Gasteiger partial charge >= 0.3 is 35.5 Å². The van der Waals surface area contributed by atoms with Crippen molar-refractivity contribution in [3.05, 3.63) is 36.0 Å². The van der Waals surface area contributed by atoms with E-state index in [0.717, 1.165) is 6.20 Å². The van der Waals surface area contributed by atoms with Crippen molar-refractivity contribution in [2.75, 3.05) is 7.11 Å². The molecule has 94 valence electrons. The number of carbonyl (C=O) groups is 1. The van der Waals surface area contributed by atoms with Crippen molar-refractivity contribution in [1.82, 2.24) is 9.97 Å². The summed E-state index contributed by atoms with van der Waals surface area (Å²) >= 11 is 0. The van der Waals surface area contributed by atoms with Gasteiger partial charge in [0, 0.05) is 11.8 Å². The second kappa shape index (κ2) is 6.51. The number of aromatic nitrogens is 2. The first-order valence-electron chi connectivity index (χ1n) is 5.05. The molecular weight excluding hydrogens is 259 g/mol. The summed E-state index contributed by atoms with van der Waals surface area (Å²) < 4.78 is 5.01. The SMILES string of the molecule is COc1ccc(-c2ncc(C(=O)O)c(O)n2)cc1.[NaH]. The van der Waals surface area contributed by atoms with Crippen LogP contribution in [0.3, 0.4) is 0 Å². The molecule has 0 saturated heterocycles. The van der Waals surface area contributed by atoms with Crippen LogP contribution < -0.4 is 4.74 Å². The molecular formula is C12H11N2NaO4. The van der Waals surface area contributed by atoms with Gasteiger partial charge in [0.2, 0.25) is 5.88 Å². The predicted molar refractivity (Wildman–Crippen MR) is 69.8 cm³/mol. The van der Waals surface area contributed by atoms with Gasteiger partial charge in [-0.15, -0.1) is 0 Å². The Kier molecular flexibility index (Phi) is 5.29. The molecule has 0 bridgehead atoms. The zero-order valence-electron chi connectivity index (χ0n) is 9.49. The summed E-state index contributed by atoms with van der Waals surface area (Å²) in [5, 5.41) is 18.2. The van der Waals surface area contributed by atoms with Gasteiger partial charge in [-0.3, -0.25) is 0 Å². The number of methoxy groups -OCH3 is 1. The number of aromatic hydroxyl groups is 1. The molecule has 19 heavy (non-hydrogen) atoms. The number of aromatic carboxylic acids is 1. The fourth-order valence-corrected chi connectivity index (χ4v) is 1.40. The van der Waals surface area contributed by atoms with Crippen molar-refractivity contribution in [3.63, 3.8) is 0 Å². The van der Waals surface area contributed by atoms with Crippen LogP contribution in [-0.4, -0.2) is 62.8 Å². The fourth-order valence-electron chi connectivity index (χ4n) is 1.40. The summed E-state index contributed by atoms with van der Waals surface area (Å²) in [6.07, 6.45) is 1.07. The molecule has 0 atom stereocenters. The predicted octanol–water partition coefficient (Wildman–Crippen LogP) is 0.907. The van der Waals surface area contributed by atoms with Crippen LogP contribution in [0.15, 0.2) is 30.5 Å². The van der Waals surface area contributed by atoms with E-state index in [4.69, 9.17) is 9.84 Å². The van der Waals surface area contributed by atoms with Crippen molar-refractivity contribution in [3.8, 4) is 23.0 Å². The number of hydrogen-bond acceptors (Lipinski definition) is 5. The van der Waals surface area contributed by atoms with E-state index < -0.39 is 11.8 Å². The van der Waals surface area contributed by atoms with E-state index in [2.05, 4.69) is 9.97 Å². The molecule has 0 spiro atoms. The number of nitrogens with zero attached hydrogens (tertiary/aromatic N) is 2. The molecule has 0 radical (unpaired) electrons. The van der Waals surface area contributed by atoms with Crippen LogP contribution in [0.4, 0.5) is 0 Å². The van der Waals surface area contributed by atoms with Crippen LogP contribution in [0.25, 0.3) is 11.4 Å². The minimum absolute atomic E-state index is 0. The van der Waals surface area contributed by atoms with E-state index >= 15 is 0 Å². The molecule has 1 aromatic heterocycles. The van der Waals surface area contributed by atoms with Crippen LogP contribution in [0.1, 0.15) is 10.4 Å². The van der Waals surface area contributed by atoms with E-state index in [0.29, 0.717) is 11.3 Å². The molecule has 0 amide bonds. The number of rotatable bonds is 3. The summed E-state index contributed by atoms with van der Waals surface area (Å²) in [5.74, 6) is -0.887. The fraction of sp³-hybridized carbons (Fsp3) is 0.0833. The van der Waals surface area contributed by atoms with Gasteiger partial charge in [-0.2, -0.15) is 4.98 Å². The average molecular weight is 270 g/mol. The van der Waals surface area contributed by atoms with E-state index in [-0.39, 0.29) is 40.9 Å². The molecule has 7 heteroatoms. The molecule has 0 fully saturated rings. The Balaban J connectivity index is 0.00000180. The molecule has 0 aliphatic heterocycles. The molecule has 6 nitrogen and oxygen atoms in total. The molecule has 0 aliphatic carbocycles. The maximum absolute atomic E-state index is 10.7. The summed E-state index contributed by atoms with van der Waals surface area (Å²) in [6, 6.07) is 6.88. The zero-order chi connectivity index (χ0) is 13.1. The van der Waals surface area contributed by atoms with Gasteiger partial charge in [-0.05, 0) is 24.3 Å². The van der Waals surface area contributed by atoms with Crippen molar-refractivity contribution in [2.24, 2.45) is 0 Å². The topological polar surface area (TPSA) is 92.5 Å². The van der Waals surface area contributed by atoms with Crippen molar-refractivity contribution in [2.45, 2.75) is 0 Å². The van der Waals surface area contributed by atoms with Gasteiger partial charge in [0.15, 0.2) is 5.82 Å². The summed E-state index contributed by atoms with van der Waals surface area (Å²) in [6.45, 7) is 0. The third-order valence-corrected chi connectivity index (χ3v) is 2.35. The quantitative estimate of drug-likeness (QED) is 0.805. The van der Waals surface area contributed by atoms with Crippen LogP contribution in [0, 0.1) is 0 Å². The van der Waals surface area contributed by atoms with Crippen LogP contribution in [-0.2, 0) is 0 Å². The second-order valence-electron chi connectivity index (χ2n) is 3.46. The number of carboxylic acids is 1. The number of benzene rings is 1. The molecule has 0 aliphatic rings. The van der Waals surface area contributed by atoms with Gasteiger partial charge in [0.25, 0.3) is 0 Å². The van der Waals surface area contributed by atoms with E-state index in [1.807, 2.05) is 0 Å². The first-order chi connectivity index (χ1) is 8.61. The first-order valence-corrected chi connectivity index (χ1v) is 5.05. The number of ether oxygens (including phenoxy) is 1. The van der Waals surface area contributed by atoms with E-state index in [1.54, 1.807) is 31.4 Å². The number of hydrogen-bond donors (Lipinski definition) is 2. The molecule has 2 rings (SSSR count). The number of carboxylic acid groups (broad SMARTS) is 1. The normalized spacial score (nSPS) is 9.53. The van der Waals surface area contributed by atoms with Crippen LogP contribution in [0.5, 0.6) is 11.6 Å². The Morgan fingerprint density at radius 2 is 1.89 bits per heavy atom. The van der Waals surface area contributed by atoms with Crippen LogP contribution >= 0.6 is 0 Å². The second-order valence-corrected chi connectivity index (χ2v) is 3.46. The van der Waals surface area contributed by atoms with Gasteiger partial charge in [0.1, 0.15) is 11.3 Å². The Labute approximate surface area is 131 Å². The Hall–Kier alpha value is -1.63. The monoisotopic (exact) mass is 270 g/mol. The van der Waals surface area contributed by atoms with Gasteiger partial charge in [-0.1, -0.05) is 0 Å². The molecule has 0 unspecified atom stereocenters. The summed E-state index contributed by atoms with van der Waals surface area (Å²) in [5.41, 5.74) is 0.329. The molecule has 2 aromatic rings. The van der Waals surface area contributed by atoms with E-state index in [9.17, 15) is 9.90 Å². The molecule has 2 N–H and O–H groups in total. The van der Waals surface area contributed by atoms with Crippen molar-refractivity contribution < 1.29 is 19.7 Å². The van der Waals surface area contributed by atoms with Gasteiger partial charge in [-0.25, -0.2) is 9.78 Å². The average Bonchev–Trinajstić information content (AvgIpc) is 2.38. The van der Waals surface area contributed by atoms with Crippen molar-refractivity contribution >= 4 is 35.5 Å². The molecule has 1 heterocycles. The minimum atomic E-state index is -1.27. The summed E-state index contributed by atoms with van der Waals surface area (Å²) in [7, 11) is 1.55. The molecule has 1 aromatic carbocycles. The van der Waals surface area contributed by atoms with Crippen LogP contribution in [0.2, 0.25) is 0 Å². The third-order valence-electron chi connectivity index (χ3n) is 2.35. The zero-order valence-corrected chi connectivity index (χ0v) is 9.49. The first kappa shape index (κ1) is 15.4. The summed E-state index contributed by atoms with van der Waals surface area (Å²) in [4.78, 5) is 18.3. The Morgan fingerprint density at radius 1 is 1.26 bits per heavy atom. The van der Waals surface area contributed by atoms with Gasteiger partial charge in [0.05, 0.1) is 7.11 Å². The standard InChI is InChI=1S/C12H10N2O4.Na.H/c1-18-8-4-2-7(3-5-8)10-13-6-9(12(16)17)11(15)14-10;;/h2-6H,1H3,(H,16,17)(H,13,14,15);;.